The van der Waals surface area contributed by atoms with Gasteiger partial charge in [-0.1, -0.05) is 31.2 Å². The van der Waals surface area contributed by atoms with E-state index in [0.29, 0.717) is 5.56 Å². The molecule has 0 fully saturated rings. The van der Waals surface area contributed by atoms with Gasteiger partial charge in [0.25, 0.3) is 0 Å². The molecule has 2 aromatic rings. The minimum absolute atomic E-state index is 0.0820. The first kappa shape index (κ1) is 23.9. The Morgan fingerprint density at radius 1 is 1.13 bits per heavy atom. The summed E-state index contributed by atoms with van der Waals surface area (Å²) in [5.74, 6) is -0.622. The molecule has 6 nitrogen and oxygen atoms in total. The van der Waals surface area contributed by atoms with Crippen molar-refractivity contribution in [3.63, 3.8) is 0 Å². The van der Waals surface area contributed by atoms with Crippen molar-refractivity contribution in [2.24, 2.45) is 0 Å². The highest BCUT2D eigenvalue weighted by Crippen LogP contribution is 2.30. The molecule has 1 N–H and O–H groups in total. The minimum atomic E-state index is -2.97. The number of para-hydroxylation sites is 1. The molecule has 0 aliphatic rings. The molecule has 0 aliphatic carbocycles. The largest absolute Gasteiger partial charge is 0.490 e. The standard InChI is InChI=1S/C23H26F2N2O4/c1-4-17-8-6-7-9-18(17)26-21(28)15-27(3)22(29)13-11-16-10-12-19(31-23(24)25)20(14-16)30-5-2/h6-14,23H,4-5,15H2,1-3H3,(H,26,28)/b13-11+. The molecule has 0 aromatic heterocycles. The smallest absolute Gasteiger partial charge is 0.387 e. The Morgan fingerprint density at radius 3 is 2.55 bits per heavy atom. The summed E-state index contributed by atoms with van der Waals surface area (Å²) in [5, 5.41) is 2.82. The average molecular weight is 432 g/mol. The van der Waals surface area contributed by atoms with Gasteiger partial charge in [0.15, 0.2) is 11.5 Å². The average Bonchev–Trinajstić information content (AvgIpc) is 2.73. The number of nitrogens with one attached hydrogen (secondary N) is 1. The van der Waals surface area contributed by atoms with Crippen LogP contribution < -0.4 is 14.8 Å². The van der Waals surface area contributed by atoms with Crippen molar-refractivity contribution < 1.29 is 27.8 Å². The van der Waals surface area contributed by atoms with Gasteiger partial charge in [-0.15, -0.1) is 0 Å². The Balaban J connectivity index is 2.00. The van der Waals surface area contributed by atoms with Crippen LogP contribution in [-0.4, -0.2) is 43.5 Å². The summed E-state index contributed by atoms with van der Waals surface area (Å²) >= 11 is 0. The van der Waals surface area contributed by atoms with Crippen molar-refractivity contribution in [2.75, 3.05) is 25.5 Å². The van der Waals surface area contributed by atoms with Crippen LogP contribution >= 0.6 is 0 Å². The number of amides is 2. The van der Waals surface area contributed by atoms with Gasteiger partial charge in [-0.2, -0.15) is 8.78 Å². The monoisotopic (exact) mass is 432 g/mol. The van der Waals surface area contributed by atoms with Gasteiger partial charge in [0.05, 0.1) is 13.2 Å². The molecule has 8 heteroatoms. The van der Waals surface area contributed by atoms with Crippen molar-refractivity contribution in [1.29, 1.82) is 0 Å². The van der Waals surface area contributed by atoms with Gasteiger partial charge in [-0.25, -0.2) is 0 Å². The van der Waals surface area contributed by atoms with E-state index in [1.807, 2.05) is 31.2 Å². The molecule has 0 bridgehead atoms. The van der Waals surface area contributed by atoms with Gasteiger partial charge < -0.3 is 19.7 Å². The summed E-state index contributed by atoms with van der Waals surface area (Å²) in [6.07, 6.45) is 3.59. The van der Waals surface area contributed by atoms with Gasteiger partial charge in [0.2, 0.25) is 11.8 Å². The van der Waals surface area contributed by atoms with Crippen molar-refractivity contribution in [3.8, 4) is 11.5 Å². The molecule has 0 spiro atoms. The molecule has 0 saturated carbocycles. The molecule has 2 amide bonds. The summed E-state index contributed by atoms with van der Waals surface area (Å²) in [5.41, 5.74) is 2.29. The number of aryl methyl sites for hydroxylation is 1. The summed E-state index contributed by atoms with van der Waals surface area (Å²) in [4.78, 5) is 25.9. The molecular formula is C23H26F2N2O4. The third-order valence-corrected chi connectivity index (χ3v) is 4.33. The fourth-order valence-corrected chi connectivity index (χ4v) is 2.82. The molecule has 0 heterocycles. The molecule has 0 unspecified atom stereocenters. The lowest BCUT2D eigenvalue weighted by atomic mass is 10.1. The SMILES string of the molecule is CCOc1cc(/C=C/C(=O)N(C)CC(=O)Nc2ccccc2CC)ccc1OC(F)F. The van der Waals surface area contributed by atoms with E-state index in [1.54, 1.807) is 6.92 Å². The Morgan fingerprint density at radius 2 is 1.87 bits per heavy atom. The number of hydrogen-bond donors (Lipinski definition) is 1. The minimum Gasteiger partial charge on any atom is -0.490 e. The Hall–Kier alpha value is -3.42. The van der Waals surface area contributed by atoms with Crippen molar-refractivity contribution in [1.82, 2.24) is 4.90 Å². The fraction of sp³-hybridized carbons (Fsp3) is 0.304. The van der Waals surface area contributed by atoms with Crippen molar-refractivity contribution in [3.05, 3.63) is 59.7 Å². The number of anilines is 1. The van der Waals surface area contributed by atoms with E-state index < -0.39 is 6.61 Å². The van der Waals surface area contributed by atoms with Crippen LogP contribution in [0.5, 0.6) is 11.5 Å². The van der Waals surface area contributed by atoms with Gasteiger partial charge in [-0.05, 0) is 48.7 Å². The number of ether oxygens (including phenoxy) is 2. The zero-order valence-corrected chi connectivity index (χ0v) is 17.7. The first-order valence-electron chi connectivity index (χ1n) is 9.86. The van der Waals surface area contributed by atoms with Crippen LogP contribution in [0.1, 0.15) is 25.0 Å². The van der Waals surface area contributed by atoms with Crippen molar-refractivity contribution in [2.45, 2.75) is 26.9 Å². The quantitative estimate of drug-likeness (QED) is 0.567. The van der Waals surface area contributed by atoms with Gasteiger partial charge in [0, 0.05) is 18.8 Å². The van der Waals surface area contributed by atoms with E-state index in [0.717, 1.165) is 17.7 Å². The number of rotatable bonds is 10. The summed E-state index contributed by atoms with van der Waals surface area (Å²) in [6.45, 7) is 0.898. The molecule has 0 saturated heterocycles. The van der Waals surface area contributed by atoms with E-state index in [4.69, 9.17) is 4.74 Å². The Labute approximate surface area is 180 Å². The first-order chi connectivity index (χ1) is 14.8. The maximum absolute atomic E-state index is 12.5. The molecular weight excluding hydrogens is 406 g/mol. The third kappa shape index (κ3) is 7.40. The first-order valence-corrected chi connectivity index (χ1v) is 9.86. The molecule has 31 heavy (non-hydrogen) atoms. The molecule has 0 aliphatic heterocycles. The van der Waals surface area contributed by atoms with Crippen LogP contribution in [-0.2, 0) is 16.0 Å². The number of nitrogens with zero attached hydrogens (tertiary/aromatic N) is 1. The summed E-state index contributed by atoms with van der Waals surface area (Å²) in [6, 6.07) is 11.9. The van der Waals surface area contributed by atoms with Crippen LogP contribution in [0.4, 0.5) is 14.5 Å². The van der Waals surface area contributed by atoms with Gasteiger partial charge in [-0.3, -0.25) is 9.59 Å². The zero-order chi connectivity index (χ0) is 22.8. The lowest BCUT2D eigenvalue weighted by Crippen LogP contribution is -2.34. The third-order valence-electron chi connectivity index (χ3n) is 4.33. The number of alkyl halides is 2. The Kier molecular flexibility index (Phi) is 8.99. The second kappa shape index (κ2) is 11.7. The predicted octanol–water partition coefficient (Wildman–Crippen LogP) is 4.36. The highest BCUT2D eigenvalue weighted by molar-refractivity contribution is 5.98. The van der Waals surface area contributed by atoms with Crippen LogP contribution in [0.2, 0.25) is 0 Å². The van der Waals surface area contributed by atoms with E-state index in [2.05, 4.69) is 10.1 Å². The van der Waals surface area contributed by atoms with Gasteiger partial charge in [0.1, 0.15) is 0 Å². The number of halogens is 2. The molecule has 2 rings (SSSR count). The zero-order valence-electron chi connectivity index (χ0n) is 17.7. The number of likely N-dealkylation sites (N-methyl/N-ethyl adjacent to an activating group) is 1. The van der Waals surface area contributed by atoms with Crippen LogP contribution in [0.25, 0.3) is 6.08 Å². The molecule has 2 aromatic carbocycles. The lowest BCUT2D eigenvalue weighted by Gasteiger charge is -2.16. The second-order valence-electron chi connectivity index (χ2n) is 6.60. The van der Waals surface area contributed by atoms with Crippen LogP contribution in [0, 0.1) is 0 Å². The molecule has 0 radical (unpaired) electrons. The predicted molar refractivity (Wildman–Crippen MR) is 115 cm³/mol. The second-order valence-corrected chi connectivity index (χ2v) is 6.60. The normalized spacial score (nSPS) is 10.9. The lowest BCUT2D eigenvalue weighted by molar-refractivity contribution is -0.129. The van der Waals surface area contributed by atoms with E-state index in [1.165, 1.54) is 42.3 Å². The van der Waals surface area contributed by atoms with Crippen LogP contribution in [0.15, 0.2) is 48.5 Å². The fourth-order valence-electron chi connectivity index (χ4n) is 2.82. The van der Waals surface area contributed by atoms with E-state index in [-0.39, 0.29) is 36.5 Å². The number of carbonyl (C=O) groups is 2. The van der Waals surface area contributed by atoms with Crippen molar-refractivity contribution >= 4 is 23.6 Å². The van der Waals surface area contributed by atoms with E-state index >= 15 is 0 Å². The highest BCUT2D eigenvalue weighted by Gasteiger charge is 2.13. The number of hydrogen-bond acceptors (Lipinski definition) is 4. The van der Waals surface area contributed by atoms with Gasteiger partial charge >= 0.3 is 6.61 Å². The Bertz CT molecular complexity index is 932. The van der Waals surface area contributed by atoms with E-state index in [9.17, 15) is 18.4 Å². The molecule has 166 valence electrons. The summed E-state index contributed by atoms with van der Waals surface area (Å²) < 4.78 is 34.7. The summed E-state index contributed by atoms with van der Waals surface area (Å²) in [7, 11) is 1.52. The highest BCUT2D eigenvalue weighted by atomic mass is 19.3. The maximum atomic E-state index is 12.5. The maximum Gasteiger partial charge on any atom is 0.387 e. The number of carbonyl (C=O) groups excluding carboxylic acids is 2. The molecule has 0 atom stereocenters. The van der Waals surface area contributed by atoms with Crippen LogP contribution in [0.3, 0.4) is 0 Å². The topological polar surface area (TPSA) is 67.9 Å². The number of benzene rings is 2.